The van der Waals surface area contributed by atoms with E-state index in [-0.39, 0.29) is 10.7 Å². The molecule has 0 saturated heterocycles. The van der Waals surface area contributed by atoms with Crippen molar-refractivity contribution in [2.75, 3.05) is 5.32 Å². The molecule has 3 rings (SSSR count). The molecule has 1 aromatic heterocycles. The third-order valence-corrected chi connectivity index (χ3v) is 5.43. The van der Waals surface area contributed by atoms with Crippen LogP contribution in [0.1, 0.15) is 16.4 Å². The average Bonchev–Trinajstić information content (AvgIpc) is 2.88. The molecule has 0 fully saturated rings. The molecule has 1 heterocycles. The summed E-state index contributed by atoms with van der Waals surface area (Å²) in [5, 5.41) is 1.07. The Balaban J connectivity index is 1.93. The second kappa shape index (κ2) is 6.31. The van der Waals surface area contributed by atoms with E-state index in [4.69, 9.17) is 0 Å². The number of carbonyl (C=O) groups excluding carboxylic acids is 1. The lowest BCUT2D eigenvalue weighted by Crippen LogP contribution is -2.27. The van der Waals surface area contributed by atoms with E-state index in [1.165, 1.54) is 23.5 Å². The van der Waals surface area contributed by atoms with Crippen LogP contribution < -0.4 is 5.32 Å². The molecule has 0 spiro atoms. The molecule has 124 valence electrons. The Hall–Kier alpha value is -2.29. The van der Waals surface area contributed by atoms with Crippen molar-refractivity contribution in [1.82, 2.24) is 4.98 Å². The summed E-state index contributed by atoms with van der Waals surface area (Å²) in [6.45, 7) is 1.95. The first kappa shape index (κ1) is 16.6. The highest BCUT2D eigenvalue weighted by Gasteiger charge is 2.33. The van der Waals surface area contributed by atoms with Gasteiger partial charge in [-0.2, -0.15) is 8.42 Å². The molecule has 0 radical (unpaired) electrons. The van der Waals surface area contributed by atoms with Gasteiger partial charge in [-0.05, 0) is 30.2 Å². The Bertz CT molecular complexity index is 997. The van der Waals surface area contributed by atoms with E-state index in [9.17, 15) is 17.8 Å². The van der Waals surface area contributed by atoms with Crippen molar-refractivity contribution in [1.29, 1.82) is 0 Å². The van der Waals surface area contributed by atoms with Gasteiger partial charge in [0.15, 0.2) is 10.4 Å². The van der Waals surface area contributed by atoms with Crippen molar-refractivity contribution in [3.63, 3.8) is 0 Å². The van der Waals surface area contributed by atoms with E-state index in [0.717, 1.165) is 10.3 Å². The third kappa shape index (κ3) is 3.45. The quantitative estimate of drug-likeness (QED) is 0.695. The van der Waals surface area contributed by atoms with Crippen LogP contribution >= 0.6 is 11.3 Å². The molecule has 2 aromatic carbocycles. The largest absolute Gasteiger partial charge is 0.300 e. The highest BCUT2D eigenvalue weighted by atomic mass is 32.2. The Morgan fingerprint density at radius 3 is 2.58 bits per heavy atom. The molecule has 0 aliphatic heterocycles. The molecule has 3 aromatic rings. The summed E-state index contributed by atoms with van der Waals surface area (Å²) < 4.78 is 33.6. The number of aryl methyl sites for hydroxylation is 1. The molecule has 24 heavy (non-hydrogen) atoms. The molecule has 6 nitrogen and oxygen atoms in total. The van der Waals surface area contributed by atoms with Crippen LogP contribution in [0.25, 0.3) is 10.2 Å². The van der Waals surface area contributed by atoms with Gasteiger partial charge < -0.3 is 5.32 Å². The van der Waals surface area contributed by atoms with E-state index in [1.54, 1.807) is 18.2 Å². The minimum atomic E-state index is -4.61. The van der Waals surface area contributed by atoms with Crippen molar-refractivity contribution >= 4 is 42.7 Å². The van der Waals surface area contributed by atoms with Crippen molar-refractivity contribution in [2.45, 2.75) is 12.2 Å². The smallest absolute Gasteiger partial charge is 0.281 e. The maximum Gasteiger partial charge on any atom is 0.281 e. The molecular formula is C16H14N2O4S2. The lowest BCUT2D eigenvalue weighted by molar-refractivity contribution is -0.116. The summed E-state index contributed by atoms with van der Waals surface area (Å²) in [4.78, 5) is 16.7. The van der Waals surface area contributed by atoms with Gasteiger partial charge in [0.25, 0.3) is 16.0 Å². The first-order chi connectivity index (χ1) is 11.3. The fraction of sp³-hybridized carbons (Fsp3) is 0.125. The van der Waals surface area contributed by atoms with Crippen molar-refractivity contribution < 1.29 is 17.8 Å². The number of aromatic nitrogens is 1. The molecule has 2 N–H and O–H groups in total. The lowest BCUT2D eigenvalue weighted by Gasteiger charge is -2.13. The van der Waals surface area contributed by atoms with E-state index in [1.807, 2.05) is 25.1 Å². The average molecular weight is 362 g/mol. The van der Waals surface area contributed by atoms with Crippen LogP contribution in [0.2, 0.25) is 0 Å². The Morgan fingerprint density at radius 1 is 1.21 bits per heavy atom. The maximum atomic E-state index is 12.4. The van der Waals surface area contributed by atoms with Gasteiger partial charge in [-0.25, -0.2) is 4.98 Å². The molecule has 0 aliphatic carbocycles. The second-order valence-electron chi connectivity index (χ2n) is 5.29. The van der Waals surface area contributed by atoms with E-state index in [0.29, 0.717) is 5.52 Å². The van der Waals surface area contributed by atoms with E-state index >= 15 is 0 Å². The molecule has 1 unspecified atom stereocenters. The molecule has 1 atom stereocenters. The normalized spacial score (nSPS) is 12.9. The molecular weight excluding hydrogens is 348 g/mol. The van der Waals surface area contributed by atoms with Crippen molar-refractivity contribution in [3.8, 4) is 0 Å². The fourth-order valence-electron chi connectivity index (χ4n) is 2.34. The number of nitrogens with zero attached hydrogens (tertiary/aromatic N) is 1. The SMILES string of the molecule is Cc1ccc2nc(NC(=O)C(c3ccccc3)S(=O)(=O)O)sc2c1. The van der Waals surface area contributed by atoms with Gasteiger partial charge in [0.05, 0.1) is 10.2 Å². The second-order valence-corrected chi connectivity index (χ2v) is 7.82. The number of rotatable bonds is 4. The van der Waals surface area contributed by atoms with Crippen LogP contribution in [-0.4, -0.2) is 23.9 Å². The van der Waals surface area contributed by atoms with Crippen LogP contribution in [0.4, 0.5) is 5.13 Å². The number of hydrogen-bond acceptors (Lipinski definition) is 5. The molecule has 0 saturated carbocycles. The highest BCUT2D eigenvalue weighted by Crippen LogP contribution is 2.29. The van der Waals surface area contributed by atoms with Crippen molar-refractivity contribution in [2.24, 2.45) is 0 Å². The summed E-state index contributed by atoms with van der Waals surface area (Å²) >= 11 is 1.24. The van der Waals surface area contributed by atoms with Crippen molar-refractivity contribution in [3.05, 3.63) is 59.7 Å². The van der Waals surface area contributed by atoms with Gasteiger partial charge in [0.2, 0.25) is 0 Å². The van der Waals surface area contributed by atoms with E-state index < -0.39 is 21.3 Å². The minimum Gasteiger partial charge on any atom is -0.300 e. The van der Waals surface area contributed by atoms with Crippen LogP contribution in [0, 0.1) is 6.92 Å². The predicted octanol–water partition coefficient (Wildman–Crippen LogP) is 3.17. The van der Waals surface area contributed by atoms with Crippen LogP contribution in [0.3, 0.4) is 0 Å². The zero-order chi connectivity index (χ0) is 17.3. The van der Waals surface area contributed by atoms with Gasteiger partial charge in [0.1, 0.15) is 0 Å². The molecule has 0 aliphatic rings. The van der Waals surface area contributed by atoms with E-state index in [2.05, 4.69) is 10.3 Å². The number of amides is 1. The minimum absolute atomic E-state index is 0.189. The van der Waals surface area contributed by atoms with Crippen LogP contribution in [0.15, 0.2) is 48.5 Å². The number of carbonyl (C=O) groups is 1. The van der Waals surface area contributed by atoms with Gasteiger partial charge in [-0.1, -0.05) is 47.7 Å². The van der Waals surface area contributed by atoms with Gasteiger partial charge in [0, 0.05) is 0 Å². The highest BCUT2D eigenvalue weighted by molar-refractivity contribution is 7.86. The maximum absolute atomic E-state index is 12.4. The van der Waals surface area contributed by atoms with Crippen LogP contribution in [-0.2, 0) is 14.9 Å². The summed E-state index contributed by atoms with van der Waals surface area (Å²) in [6, 6.07) is 13.5. The zero-order valence-corrected chi connectivity index (χ0v) is 14.3. The number of benzene rings is 2. The van der Waals surface area contributed by atoms with Gasteiger partial charge >= 0.3 is 0 Å². The van der Waals surface area contributed by atoms with Gasteiger partial charge in [-0.3, -0.25) is 9.35 Å². The van der Waals surface area contributed by atoms with Gasteiger partial charge in [-0.15, -0.1) is 0 Å². The molecule has 0 bridgehead atoms. The summed E-state index contributed by atoms with van der Waals surface area (Å²) in [7, 11) is -4.61. The lowest BCUT2D eigenvalue weighted by atomic mass is 10.1. The number of nitrogens with one attached hydrogen (secondary N) is 1. The molecule has 8 heteroatoms. The number of anilines is 1. The summed E-state index contributed by atoms with van der Waals surface area (Å²) in [5.74, 6) is -0.848. The Morgan fingerprint density at radius 2 is 1.92 bits per heavy atom. The monoisotopic (exact) mass is 362 g/mol. The zero-order valence-electron chi connectivity index (χ0n) is 12.6. The Kier molecular flexibility index (Phi) is 4.35. The summed E-state index contributed by atoms with van der Waals surface area (Å²) in [6.07, 6.45) is 0. The number of fused-ring (bicyclic) bond motifs is 1. The predicted molar refractivity (Wildman–Crippen MR) is 93.7 cm³/mol. The Labute approximate surface area is 142 Å². The molecule has 1 amide bonds. The first-order valence-corrected chi connectivity index (χ1v) is 9.36. The third-order valence-electron chi connectivity index (χ3n) is 3.41. The first-order valence-electron chi connectivity index (χ1n) is 7.04. The standard InChI is InChI=1S/C16H14N2O4S2/c1-10-7-8-12-13(9-10)23-16(17-12)18-15(19)14(24(20,21)22)11-5-3-2-4-6-11/h2-9,14H,1H3,(H,17,18,19)(H,20,21,22). The van der Waals surface area contributed by atoms with Crippen LogP contribution in [0.5, 0.6) is 0 Å². The number of hydrogen-bond donors (Lipinski definition) is 2. The summed E-state index contributed by atoms with van der Waals surface area (Å²) in [5.41, 5.74) is 1.96. The fourth-order valence-corrected chi connectivity index (χ4v) is 4.14. The topological polar surface area (TPSA) is 96.4 Å². The number of thiazole rings is 1.